The molecule has 2 fully saturated rings. The number of benzene rings is 2. The number of aryl methyl sites for hydroxylation is 1. The quantitative estimate of drug-likeness (QED) is 0.497. The lowest BCUT2D eigenvalue weighted by atomic mass is 10.0. The molecule has 3 aromatic rings. The van der Waals surface area contributed by atoms with Crippen LogP contribution < -0.4 is 5.32 Å². The zero-order valence-electron chi connectivity index (χ0n) is 21.2. The first-order valence-corrected chi connectivity index (χ1v) is 13.1. The van der Waals surface area contributed by atoms with Gasteiger partial charge in [0.05, 0.1) is 6.54 Å². The lowest BCUT2D eigenvalue weighted by molar-refractivity contribution is -0.120. The number of nitrogens with zero attached hydrogens (tertiary/aromatic N) is 4. The van der Waals surface area contributed by atoms with E-state index in [2.05, 4.69) is 27.3 Å². The molecule has 2 saturated heterocycles. The summed E-state index contributed by atoms with van der Waals surface area (Å²) in [5.41, 5.74) is 5.07. The number of carbonyl (C=O) groups excluding carboxylic acids is 2. The molecule has 1 N–H and O–H groups in total. The Balaban J connectivity index is 1.24. The van der Waals surface area contributed by atoms with Crippen molar-refractivity contribution in [2.75, 3.05) is 32.0 Å². The van der Waals surface area contributed by atoms with Gasteiger partial charge in [-0.15, -0.1) is 0 Å². The van der Waals surface area contributed by atoms with Gasteiger partial charge >= 0.3 is 6.03 Å². The van der Waals surface area contributed by atoms with E-state index in [-0.39, 0.29) is 18.0 Å². The lowest BCUT2D eigenvalue weighted by Gasteiger charge is -2.38. The van der Waals surface area contributed by atoms with E-state index in [9.17, 15) is 9.59 Å². The summed E-state index contributed by atoms with van der Waals surface area (Å²) < 4.78 is 0. The number of likely N-dealkylation sites (N-methyl/N-ethyl adjacent to an activating group) is 1. The molecule has 0 unspecified atom stereocenters. The number of amides is 3. The number of piperidine rings is 1. The Kier molecular flexibility index (Phi) is 7.44. The van der Waals surface area contributed by atoms with Crippen molar-refractivity contribution >= 4 is 29.2 Å². The number of carbonyl (C=O) groups is 2. The minimum absolute atomic E-state index is 0.0413. The van der Waals surface area contributed by atoms with Crippen LogP contribution in [0.15, 0.2) is 67.0 Å². The maximum Gasteiger partial charge on any atom is 0.320 e. The number of pyridine rings is 1. The Labute approximate surface area is 223 Å². The van der Waals surface area contributed by atoms with E-state index in [0.29, 0.717) is 12.2 Å². The van der Waals surface area contributed by atoms with Gasteiger partial charge in [0.25, 0.3) is 0 Å². The summed E-state index contributed by atoms with van der Waals surface area (Å²) in [4.78, 5) is 36.4. The molecule has 8 heteroatoms. The van der Waals surface area contributed by atoms with Gasteiger partial charge in [0.15, 0.2) is 0 Å². The van der Waals surface area contributed by atoms with E-state index in [4.69, 9.17) is 11.6 Å². The number of halogens is 1. The summed E-state index contributed by atoms with van der Waals surface area (Å²) in [5.74, 6) is -0.149. The number of anilines is 1. The highest BCUT2D eigenvalue weighted by molar-refractivity contribution is 6.31. The summed E-state index contributed by atoms with van der Waals surface area (Å²) in [5, 5.41) is 3.84. The standard InChI is InChI=1S/C29H32ClN5O2/c1-20-16-21(6-7-26(20)30)18-34-14-10-25(11-15-34)35-27(19-33(2)29(35)37)28(36)32-24-5-3-4-23(17-24)22-8-12-31-13-9-22/h3-9,12-13,16-17,25,27H,10-11,14-15,18-19H2,1-2H3,(H,32,36)/t27-/m1/s1. The van der Waals surface area contributed by atoms with Crippen LogP contribution in [0.4, 0.5) is 10.5 Å². The van der Waals surface area contributed by atoms with E-state index in [0.717, 1.165) is 54.2 Å². The van der Waals surface area contributed by atoms with Gasteiger partial charge in [-0.25, -0.2) is 4.79 Å². The molecule has 0 aliphatic carbocycles. The van der Waals surface area contributed by atoms with E-state index in [1.165, 1.54) is 5.56 Å². The fraction of sp³-hybridized carbons (Fsp3) is 0.345. The zero-order valence-corrected chi connectivity index (χ0v) is 22.0. The van der Waals surface area contributed by atoms with Gasteiger partial charge in [-0.05, 0) is 72.4 Å². The largest absolute Gasteiger partial charge is 0.325 e. The van der Waals surface area contributed by atoms with Crippen LogP contribution in [-0.4, -0.2) is 70.4 Å². The van der Waals surface area contributed by atoms with Crippen LogP contribution in [0.25, 0.3) is 11.1 Å². The summed E-state index contributed by atoms with van der Waals surface area (Å²) in [6.45, 7) is 5.02. The van der Waals surface area contributed by atoms with Crippen molar-refractivity contribution < 1.29 is 9.59 Å². The smallest absolute Gasteiger partial charge is 0.320 e. The Morgan fingerprint density at radius 1 is 1.05 bits per heavy atom. The van der Waals surface area contributed by atoms with Crippen molar-refractivity contribution in [3.63, 3.8) is 0 Å². The third kappa shape index (κ3) is 5.63. The molecule has 192 valence electrons. The summed E-state index contributed by atoms with van der Waals surface area (Å²) in [6, 6.07) is 17.3. The molecule has 3 amide bonds. The minimum atomic E-state index is -0.516. The molecule has 1 aromatic heterocycles. The molecule has 0 bridgehead atoms. The lowest BCUT2D eigenvalue weighted by Crippen LogP contribution is -2.52. The zero-order chi connectivity index (χ0) is 25.9. The summed E-state index contributed by atoms with van der Waals surface area (Å²) >= 11 is 6.18. The highest BCUT2D eigenvalue weighted by Crippen LogP contribution is 2.28. The summed E-state index contributed by atoms with van der Waals surface area (Å²) in [6.07, 6.45) is 5.18. The van der Waals surface area contributed by atoms with Gasteiger partial charge in [0, 0.05) is 55.8 Å². The number of aromatic nitrogens is 1. The maximum atomic E-state index is 13.4. The van der Waals surface area contributed by atoms with Gasteiger partial charge in [-0.1, -0.05) is 35.9 Å². The summed E-state index contributed by atoms with van der Waals surface area (Å²) in [7, 11) is 1.77. The van der Waals surface area contributed by atoms with Crippen LogP contribution in [0.5, 0.6) is 0 Å². The second-order valence-electron chi connectivity index (χ2n) is 9.98. The molecule has 7 nitrogen and oxygen atoms in total. The van der Waals surface area contributed by atoms with Gasteiger partial charge in [0.2, 0.25) is 5.91 Å². The van der Waals surface area contributed by atoms with Crippen molar-refractivity contribution in [2.45, 2.75) is 38.4 Å². The topological polar surface area (TPSA) is 68.8 Å². The number of hydrogen-bond donors (Lipinski definition) is 1. The average molecular weight is 518 g/mol. The predicted molar refractivity (Wildman–Crippen MR) is 146 cm³/mol. The maximum absolute atomic E-state index is 13.4. The van der Waals surface area contributed by atoms with Crippen molar-refractivity contribution in [2.24, 2.45) is 0 Å². The molecule has 0 spiro atoms. The van der Waals surface area contributed by atoms with Crippen molar-refractivity contribution in [3.05, 3.63) is 83.1 Å². The average Bonchev–Trinajstić information content (AvgIpc) is 3.21. The third-order valence-electron chi connectivity index (χ3n) is 7.36. The number of likely N-dealkylation sites (tertiary alicyclic amines) is 1. The fourth-order valence-corrected chi connectivity index (χ4v) is 5.46. The number of rotatable bonds is 6. The second-order valence-corrected chi connectivity index (χ2v) is 10.4. The molecular weight excluding hydrogens is 486 g/mol. The van der Waals surface area contributed by atoms with Crippen LogP contribution in [0, 0.1) is 6.92 Å². The molecule has 0 saturated carbocycles. The Hall–Kier alpha value is -3.42. The van der Waals surface area contributed by atoms with E-state index in [1.54, 1.807) is 24.3 Å². The number of nitrogens with one attached hydrogen (secondary N) is 1. The SMILES string of the molecule is Cc1cc(CN2CCC(N3C(=O)N(C)C[C@@H]3C(=O)Nc3cccc(-c4ccncc4)c3)CC2)ccc1Cl. The van der Waals surface area contributed by atoms with Gasteiger partial charge in [-0.3, -0.25) is 14.7 Å². The highest BCUT2D eigenvalue weighted by Gasteiger charge is 2.44. The van der Waals surface area contributed by atoms with Gasteiger partial charge < -0.3 is 15.1 Å². The second kappa shape index (κ2) is 10.9. The molecule has 1 atom stereocenters. The van der Waals surface area contributed by atoms with Crippen LogP contribution in [-0.2, 0) is 11.3 Å². The van der Waals surface area contributed by atoms with Crippen molar-refractivity contribution in [3.8, 4) is 11.1 Å². The first-order valence-electron chi connectivity index (χ1n) is 12.7. The Bertz CT molecular complexity index is 1280. The van der Waals surface area contributed by atoms with Crippen molar-refractivity contribution in [1.29, 1.82) is 0 Å². The number of hydrogen-bond acceptors (Lipinski definition) is 4. The predicted octanol–water partition coefficient (Wildman–Crippen LogP) is 5.05. The Morgan fingerprint density at radius 2 is 1.81 bits per heavy atom. The van der Waals surface area contributed by atoms with Crippen LogP contribution in [0.1, 0.15) is 24.0 Å². The van der Waals surface area contributed by atoms with E-state index in [1.807, 2.05) is 54.3 Å². The number of urea groups is 1. The minimum Gasteiger partial charge on any atom is -0.325 e. The molecule has 2 aromatic carbocycles. The highest BCUT2D eigenvalue weighted by atomic mass is 35.5. The van der Waals surface area contributed by atoms with Gasteiger partial charge in [-0.2, -0.15) is 0 Å². The molecule has 0 radical (unpaired) electrons. The van der Waals surface area contributed by atoms with Crippen LogP contribution in [0.3, 0.4) is 0 Å². The Morgan fingerprint density at radius 3 is 2.54 bits per heavy atom. The monoisotopic (exact) mass is 517 g/mol. The van der Waals surface area contributed by atoms with Crippen molar-refractivity contribution in [1.82, 2.24) is 19.7 Å². The first kappa shape index (κ1) is 25.2. The van der Waals surface area contributed by atoms with E-state index >= 15 is 0 Å². The van der Waals surface area contributed by atoms with Crippen LogP contribution >= 0.6 is 11.6 Å². The molecule has 37 heavy (non-hydrogen) atoms. The molecule has 3 heterocycles. The van der Waals surface area contributed by atoms with Crippen LogP contribution in [0.2, 0.25) is 5.02 Å². The molecular formula is C29H32ClN5O2. The van der Waals surface area contributed by atoms with E-state index < -0.39 is 6.04 Å². The fourth-order valence-electron chi connectivity index (χ4n) is 5.34. The third-order valence-corrected chi connectivity index (χ3v) is 7.78. The molecule has 2 aliphatic rings. The normalized spacial score (nSPS) is 18.9. The molecule has 5 rings (SSSR count). The molecule has 2 aliphatic heterocycles. The van der Waals surface area contributed by atoms with Gasteiger partial charge in [0.1, 0.15) is 6.04 Å². The first-order chi connectivity index (χ1) is 17.9.